The number of primary amides is 1. The summed E-state index contributed by atoms with van der Waals surface area (Å²) in [6.07, 6.45) is 0. The van der Waals surface area contributed by atoms with Crippen LogP contribution in [0.3, 0.4) is 0 Å². The molecule has 0 aliphatic rings. The van der Waals surface area contributed by atoms with Crippen molar-refractivity contribution in [1.82, 2.24) is 0 Å². The lowest BCUT2D eigenvalue weighted by atomic mass is 10.7. The average molecular weight is 271 g/mol. The zero-order chi connectivity index (χ0) is 14.6. The van der Waals surface area contributed by atoms with Crippen molar-refractivity contribution in [2.24, 2.45) is 5.73 Å². The molecule has 0 saturated heterocycles. The molecule has 0 aromatic carbocycles. The Hall–Kier alpha value is -0.770. The Bertz CT molecular complexity index is 132. The molecule has 0 aliphatic carbocycles. The lowest BCUT2D eigenvalue weighted by molar-refractivity contribution is -0.115. The van der Waals surface area contributed by atoms with E-state index in [9.17, 15) is 4.79 Å². The van der Waals surface area contributed by atoms with E-state index in [-0.39, 0.29) is 32.3 Å². The van der Waals surface area contributed by atoms with E-state index in [4.69, 9.17) is 29.9 Å². The summed E-state index contributed by atoms with van der Waals surface area (Å²) >= 11 is 0. The third kappa shape index (κ3) is 59.0. The molecule has 1 amide bonds. The van der Waals surface area contributed by atoms with Gasteiger partial charge in [-0.15, -0.1) is 0 Å². The topological polar surface area (TPSA) is 142 Å². The van der Waals surface area contributed by atoms with E-state index in [2.05, 4.69) is 5.73 Å². The summed E-state index contributed by atoms with van der Waals surface area (Å²) in [5.41, 5.74) is 4.47. The van der Waals surface area contributed by atoms with Crippen LogP contribution in [0.25, 0.3) is 0 Å². The lowest BCUT2D eigenvalue weighted by Gasteiger charge is -2.01. The van der Waals surface area contributed by atoms with Crippen molar-refractivity contribution >= 4 is 5.91 Å². The molecule has 18 heavy (non-hydrogen) atoms. The molecule has 0 bridgehead atoms. The van der Waals surface area contributed by atoms with E-state index in [1.807, 2.05) is 0 Å². The van der Waals surface area contributed by atoms with Crippen LogP contribution in [0.2, 0.25) is 0 Å². The third-order valence-corrected chi connectivity index (χ3v) is 0.943. The Labute approximate surface area is 107 Å². The molecule has 0 heterocycles. The van der Waals surface area contributed by atoms with E-state index in [1.165, 1.54) is 6.92 Å². The highest BCUT2D eigenvalue weighted by Crippen LogP contribution is 1.76. The van der Waals surface area contributed by atoms with E-state index < -0.39 is 0 Å². The van der Waals surface area contributed by atoms with Gasteiger partial charge in [-0.25, -0.2) is 0 Å². The Morgan fingerprint density at radius 2 is 1.11 bits per heavy atom. The first-order chi connectivity index (χ1) is 8.56. The van der Waals surface area contributed by atoms with Gasteiger partial charge in [0.15, 0.2) is 0 Å². The van der Waals surface area contributed by atoms with Gasteiger partial charge in [-0.05, 0) is 0 Å². The summed E-state index contributed by atoms with van der Waals surface area (Å²) < 4.78 is 9.75. The molecule has 0 aliphatic heterocycles. The van der Waals surface area contributed by atoms with Crippen molar-refractivity contribution in [3.8, 4) is 0 Å². The Balaban J connectivity index is -0.000000233. The van der Waals surface area contributed by atoms with E-state index in [0.29, 0.717) is 26.4 Å². The molecule has 0 unspecified atom stereocenters. The predicted octanol–water partition coefficient (Wildman–Crippen LogP) is -2.53. The highest BCUT2D eigenvalue weighted by atomic mass is 16.5. The van der Waals surface area contributed by atoms with E-state index >= 15 is 0 Å². The maximum absolute atomic E-state index is 9.22. The summed E-state index contributed by atoms with van der Waals surface area (Å²) in [5, 5.41) is 31.8. The Morgan fingerprint density at radius 3 is 1.28 bits per heavy atom. The van der Waals surface area contributed by atoms with E-state index in [1.54, 1.807) is 0 Å². The van der Waals surface area contributed by atoms with E-state index in [0.717, 1.165) is 0 Å². The zero-order valence-corrected chi connectivity index (χ0v) is 10.7. The molecule has 0 radical (unpaired) electrons. The number of carbonyl (C=O) groups is 1. The van der Waals surface area contributed by atoms with Gasteiger partial charge in [0.2, 0.25) is 5.91 Å². The summed E-state index contributed by atoms with van der Waals surface area (Å²) in [6.45, 7) is 2.78. The monoisotopic (exact) mass is 271 g/mol. The number of hydrogen-bond donors (Lipinski definition) is 5. The molecule has 0 atom stereocenters. The van der Waals surface area contributed by atoms with Gasteiger partial charge in [0.25, 0.3) is 0 Å². The third-order valence-electron chi connectivity index (χ3n) is 0.943. The lowest BCUT2D eigenvalue weighted by Crippen LogP contribution is -2.09. The number of rotatable bonds is 8. The maximum atomic E-state index is 9.22. The van der Waals surface area contributed by atoms with Crippen LogP contribution in [0, 0.1) is 0 Å². The molecule has 0 aromatic heterocycles. The SMILES string of the molecule is CC(N)=O.OCCO.OCCOCCOCCO. The van der Waals surface area contributed by atoms with Gasteiger partial charge in [-0.1, -0.05) is 0 Å². The minimum atomic E-state index is -0.333. The van der Waals surface area contributed by atoms with Crippen LogP contribution >= 0.6 is 0 Å². The van der Waals surface area contributed by atoms with Gasteiger partial charge in [-0.3, -0.25) is 4.79 Å². The zero-order valence-electron chi connectivity index (χ0n) is 10.7. The van der Waals surface area contributed by atoms with Crippen molar-refractivity contribution in [2.45, 2.75) is 6.92 Å². The van der Waals surface area contributed by atoms with Crippen LogP contribution in [0.5, 0.6) is 0 Å². The van der Waals surface area contributed by atoms with Crippen molar-refractivity contribution in [2.75, 3.05) is 52.9 Å². The molecule has 8 heteroatoms. The Kier molecular flexibility index (Phi) is 31.3. The number of ether oxygens (including phenoxy) is 2. The smallest absolute Gasteiger partial charge is 0.214 e. The molecule has 0 spiro atoms. The van der Waals surface area contributed by atoms with Gasteiger partial charge in [0.05, 0.1) is 52.9 Å². The fourth-order valence-corrected chi connectivity index (χ4v) is 0.451. The number of carbonyl (C=O) groups excluding carboxylic acids is 1. The summed E-state index contributed by atoms with van der Waals surface area (Å²) in [7, 11) is 0. The first kappa shape index (κ1) is 22.4. The van der Waals surface area contributed by atoms with Crippen LogP contribution in [0.1, 0.15) is 6.92 Å². The summed E-state index contributed by atoms with van der Waals surface area (Å²) in [6, 6.07) is 0. The quantitative estimate of drug-likeness (QED) is 0.306. The van der Waals surface area contributed by atoms with Crippen LogP contribution in [0.4, 0.5) is 0 Å². The van der Waals surface area contributed by atoms with Gasteiger partial charge < -0.3 is 35.6 Å². The second kappa shape index (κ2) is 25.2. The fourth-order valence-electron chi connectivity index (χ4n) is 0.451. The maximum Gasteiger partial charge on any atom is 0.214 e. The second-order valence-corrected chi connectivity index (χ2v) is 2.73. The number of aliphatic hydroxyl groups excluding tert-OH is 4. The van der Waals surface area contributed by atoms with Gasteiger partial charge >= 0.3 is 0 Å². The van der Waals surface area contributed by atoms with Crippen LogP contribution in [-0.2, 0) is 14.3 Å². The highest BCUT2D eigenvalue weighted by Gasteiger charge is 1.86. The number of amides is 1. The van der Waals surface area contributed by atoms with Crippen LogP contribution in [-0.4, -0.2) is 79.2 Å². The Morgan fingerprint density at radius 1 is 0.833 bits per heavy atom. The highest BCUT2D eigenvalue weighted by molar-refractivity contribution is 5.70. The fraction of sp³-hybridized carbons (Fsp3) is 0.900. The van der Waals surface area contributed by atoms with Crippen molar-refractivity contribution < 1.29 is 34.7 Å². The average Bonchev–Trinajstić information content (AvgIpc) is 2.33. The molecule has 0 saturated carbocycles. The first-order valence-corrected chi connectivity index (χ1v) is 5.41. The number of nitrogens with two attached hydrogens (primary N) is 1. The molecular formula is C10H25NO7. The first-order valence-electron chi connectivity index (χ1n) is 5.41. The summed E-state index contributed by atoms with van der Waals surface area (Å²) in [5.74, 6) is -0.333. The van der Waals surface area contributed by atoms with Gasteiger partial charge in [0.1, 0.15) is 0 Å². The molecular weight excluding hydrogens is 246 g/mol. The standard InChI is InChI=1S/C6H14O4.C2H5NO.C2H6O2/c7-1-3-9-5-6-10-4-2-8;1-2(3)4;3-1-2-4/h7-8H,1-6H2;1H3,(H2,3,4);3-4H,1-2H2. The minimum absolute atomic E-state index is 0.0417. The van der Waals surface area contributed by atoms with Gasteiger partial charge in [-0.2, -0.15) is 0 Å². The van der Waals surface area contributed by atoms with Crippen LogP contribution < -0.4 is 5.73 Å². The molecule has 8 nitrogen and oxygen atoms in total. The predicted molar refractivity (Wildman–Crippen MR) is 64.8 cm³/mol. The van der Waals surface area contributed by atoms with Crippen molar-refractivity contribution in [3.05, 3.63) is 0 Å². The van der Waals surface area contributed by atoms with Crippen molar-refractivity contribution in [1.29, 1.82) is 0 Å². The summed E-state index contributed by atoms with van der Waals surface area (Å²) in [4.78, 5) is 9.22. The molecule has 112 valence electrons. The second-order valence-electron chi connectivity index (χ2n) is 2.73. The number of aliphatic hydroxyl groups is 4. The molecule has 6 N–H and O–H groups in total. The largest absolute Gasteiger partial charge is 0.394 e. The molecule has 0 fully saturated rings. The minimum Gasteiger partial charge on any atom is -0.394 e. The number of hydrogen-bond acceptors (Lipinski definition) is 7. The van der Waals surface area contributed by atoms with Gasteiger partial charge in [0, 0.05) is 6.92 Å². The molecule has 0 rings (SSSR count). The van der Waals surface area contributed by atoms with Crippen LogP contribution in [0.15, 0.2) is 0 Å². The normalized spacial score (nSPS) is 8.72. The molecule has 0 aromatic rings. The van der Waals surface area contributed by atoms with Crippen molar-refractivity contribution in [3.63, 3.8) is 0 Å².